The summed E-state index contributed by atoms with van der Waals surface area (Å²) in [7, 11) is 2.01. The van der Waals surface area contributed by atoms with Crippen LogP contribution in [0.2, 0.25) is 0 Å². The fraction of sp³-hybridized carbons (Fsp3) is 0.350. The highest BCUT2D eigenvalue weighted by molar-refractivity contribution is 7.98. The molecule has 0 unspecified atom stereocenters. The van der Waals surface area contributed by atoms with E-state index in [-0.39, 0.29) is 41.9 Å². The normalized spacial score (nSPS) is 17.0. The van der Waals surface area contributed by atoms with Crippen LogP contribution < -0.4 is 10.1 Å². The number of carbonyl (C=O) groups is 2. The van der Waals surface area contributed by atoms with Crippen molar-refractivity contribution in [2.45, 2.75) is 62.7 Å². The molecule has 0 saturated heterocycles. The van der Waals surface area contributed by atoms with Gasteiger partial charge in [-0.25, -0.2) is 0 Å². The number of nitrogens with one attached hydrogen (secondary N) is 1. The van der Waals surface area contributed by atoms with Gasteiger partial charge in [0, 0.05) is 36.2 Å². The summed E-state index contributed by atoms with van der Waals surface area (Å²) in [4.78, 5) is 32.0. The van der Waals surface area contributed by atoms with E-state index in [4.69, 9.17) is 4.74 Å². The number of benzene rings is 4. The van der Waals surface area contributed by atoms with Crippen LogP contribution in [0.5, 0.6) is 5.75 Å². The van der Waals surface area contributed by atoms with Crippen molar-refractivity contribution in [2.24, 2.45) is 5.92 Å². The maximum absolute atomic E-state index is 13.8. The highest BCUT2D eigenvalue weighted by Gasteiger charge is 2.35. The molecule has 3 atom stereocenters. The van der Waals surface area contributed by atoms with E-state index in [0.717, 1.165) is 23.4 Å². The van der Waals surface area contributed by atoms with Crippen LogP contribution >= 0.6 is 11.8 Å². The van der Waals surface area contributed by atoms with Crippen molar-refractivity contribution >= 4 is 29.3 Å². The van der Waals surface area contributed by atoms with Crippen molar-refractivity contribution in [2.75, 3.05) is 32.1 Å². The van der Waals surface area contributed by atoms with Crippen molar-refractivity contribution in [1.29, 1.82) is 0 Å². The predicted molar refractivity (Wildman–Crippen MR) is 195 cm³/mol. The number of nitrogens with zero attached hydrogens (tertiary/aromatic N) is 2. The zero-order valence-corrected chi connectivity index (χ0v) is 30.1. The number of carbonyl (C=O) groups excluding carboxylic acids is 2. The summed E-state index contributed by atoms with van der Waals surface area (Å²) in [6, 6.07) is 25.9. The van der Waals surface area contributed by atoms with Crippen molar-refractivity contribution < 1.29 is 32.6 Å². The van der Waals surface area contributed by atoms with E-state index < -0.39 is 29.8 Å². The standard InChI is InChI=1S/C40H44F3N3O4S/c1-26-7-5-8-33(19-26)51-25-31-13-11-30(12-14-31)22-45(4)23-36-27(2)21-46(28(3)24-47)39(49)34-9-6-10-35(38(34)50-36)44-37(48)20-29-15-17-32(18-16-29)40(41,42)43/h5-19,27-28,36,47H,20-25H2,1-4H3,(H,44,48)/t27-,28+,36-/m1/s1. The van der Waals surface area contributed by atoms with Gasteiger partial charge in [0.15, 0.2) is 5.75 Å². The number of hydrogen-bond acceptors (Lipinski definition) is 6. The number of aryl methyl sites for hydroxylation is 1. The zero-order chi connectivity index (χ0) is 36.7. The average Bonchev–Trinajstić information content (AvgIpc) is 3.09. The van der Waals surface area contributed by atoms with Crippen LogP contribution in [0.25, 0.3) is 0 Å². The molecule has 0 bridgehead atoms. The zero-order valence-electron chi connectivity index (χ0n) is 29.2. The first-order chi connectivity index (χ1) is 24.3. The summed E-state index contributed by atoms with van der Waals surface area (Å²) in [5.74, 6) is 0.153. The maximum atomic E-state index is 13.8. The molecule has 0 saturated carbocycles. The number of alkyl halides is 3. The van der Waals surface area contributed by atoms with Gasteiger partial charge in [0.2, 0.25) is 5.91 Å². The first-order valence-corrected chi connectivity index (χ1v) is 17.9. The number of hydrogen-bond donors (Lipinski definition) is 2. The van der Waals surface area contributed by atoms with Gasteiger partial charge in [0.25, 0.3) is 5.91 Å². The number of aliphatic hydroxyl groups excluding tert-OH is 1. The minimum absolute atomic E-state index is 0.143. The minimum atomic E-state index is -4.47. The molecule has 0 aromatic heterocycles. The first-order valence-electron chi connectivity index (χ1n) is 16.9. The number of para-hydroxylation sites is 1. The molecule has 7 nitrogen and oxygen atoms in total. The molecule has 270 valence electrons. The number of fused-ring (bicyclic) bond motifs is 1. The predicted octanol–water partition coefficient (Wildman–Crippen LogP) is 7.84. The summed E-state index contributed by atoms with van der Waals surface area (Å²) < 4.78 is 45.7. The molecule has 1 aliphatic rings. The summed E-state index contributed by atoms with van der Waals surface area (Å²) in [5, 5.41) is 12.8. The van der Waals surface area contributed by atoms with Crippen LogP contribution in [0.4, 0.5) is 18.9 Å². The third kappa shape index (κ3) is 10.1. The van der Waals surface area contributed by atoms with E-state index in [1.165, 1.54) is 28.2 Å². The number of ether oxygens (including phenoxy) is 1. The van der Waals surface area contributed by atoms with Crippen molar-refractivity contribution in [3.8, 4) is 5.75 Å². The molecule has 0 spiro atoms. The third-order valence-corrected chi connectivity index (χ3v) is 10.0. The lowest BCUT2D eigenvalue weighted by Crippen LogP contribution is -2.49. The monoisotopic (exact) mass is 719 g/mol. The van der Waals surface area contributed by atoms with Crippen molar-refractivity contribution in [1.82, 2.24) is 9.80 Å². The van der Waals surface area contributed by atoms with Gasteiger partial charge in [-0.3, -0.25) is 14.5 Å². The topological polar surface area (TPSA) is 82.1 Å². The summed E-state index contributed by atoms with van der Waals surface area (Å²) in [6.07, 6.45) is -5.04. The second-order valence-electron chi connectivity index (χ2n) is 13.3. The van der Waals surface area contributed by atoms with Gasteiger partial charge in [-0.1, -0.05) is 67.1 Å². The molecule has 5 rings (SSSR count). The number of rotatable bonds is 12. The Bertz CT molecular complexity index is 1800. The van der Waals surface area contributed by atoms with Crippen LogP contribution in [0.1, 0.15) is 52.0 Å². The number of anilines is 1. The number of likely N-dealkylation sites (N-methyl/N-ethyl adjacent to an activating group) is 1. The SMILES string of the molecule is Cc1cccc(SCc2ccc(CN(C)C[C@H]3Oc4c(NC(=O)Cc5ccc(C(F)(F)F)cc5)cccc4C(=O)N([C@@H](C)CO)C[C@H]3C)cc2)c1. The number of halogens is 3. The van der Waals surface area contributed by atoms with E-state index in [9.17, 15) is 27.9 Å². The molecule has 0 radical (unpaired) electrons. The second-order valence-corrected chi connectivity index (χ2v) is 14.4. The van der Waals surface area contributed by atoms with Gasteiger partial charge in [-0.15, -0.1) is 11.8 Å². The molecular weight excluding hydrogens is 676 g/mol. The third-order valence-electron chi connectivity index (χ3n) is 8.97. The Labute approximate surface area is 301 Å². The molecule has 11 heteroatoms. The molecule has 2 amide bonds. The first kappa shape index (κ1) is 37.9. The second kappa shape index (κ2) is 16.8. The minimum Gasteiger partial charge on any atom is -0.486 e. The lowest BCUT2D eigenvalue weighted by molar-refractivity contribution is -0.137. The quantitative estimate of drug-likeness (QED) is 0.145. The Morgan fingerprint density at radius 1 is 1.02 bits per heavy atom. The van der Waals surface area contributed by atoms with Gasteiger partial charge >= 0.3 is 6.18 Å². The lowest BCUT2D eigenvalue weighted by Gasteiger charge is -2.38. The van der Waals surface area contributed by atoms with Gasteiger partial charge in [-0.2, -0.15) is 13.2 Å². The Morgan fingerprint density at radius 2 is 1.69 bits per heavy atom. The van der Waals surface area contributed by atoms with E-state index in [0.29, 0.717) is 25.2 Å². The summed E-state index contributed by atoms with van der Waals surface area (Å²) >= 11 is 1.80. The van der Waals surface area contributed by atoms with Crippen molar-refractivity contribution in [3.05, 3.63) is 124 Å². The van der Waals surface area contributed by atoms with Crippen LogP contribution in [0, 0.1) is 12.8 Å². The molecule has 4 aromatic carbocycles. The van der Waals surface area contributed by atoms with Gasteiger partial charge in [0.1, 0.15) is 6.10 Å². The molecule has 51 heavy (non-hydrogen) atoms. The van der Waals surface area contributed by atoms with Gasteiger partial charge in [0.05, 0.1) is 35.9 Å². The summed E-state index contributed by atoms with van der Waals surface area (Å²) in [5.41, 5.74) is 3.77. The van der Waals surface area contributed by atoms with E-state index in [1.807, 2.05) is 14.0 Å². The molecule has 1 heterocycles. The highest BCUT2D eigenvalue weighted by atomic mass is 32.2. The van der Waals surface area contributed by atoms with Crippen LogP contribution in [0.3, 0.4) is 0 Å². The molecule has 2 N–H and O–H groups in total. The number of aliphatic hydroxyl groups is 1. The maximum Gasteiger partial charge on any atom is 0.416 e. The highest BCUT2D eigenvalue weighted by Crippen LogP contribution is 2.35. The van der Waals surface area contributed by atoms with Gasteiger partial charge < -0.3 is 20.1 Å². The number of amides is 2. The Morgan fingerprint density at radius 3 is 2.35 bits per heavy atom. The molecule has 0 aliphatic carbocycles. The molecule has 1 aliphatic heterocycles. The van der Waals surface area contributed by atoms with E-state index in [1.54, 1.807) is 41.8 Å². The van der Waals surface area contributed by atoms with Crippen molar-refractivity contribution in [3.63, 3.8) is 0 Å². The number of thioether (sulfide) groups is 1. The van der Waals surface area contributed by atoms with Gasteiger partial charge in [-0.05, 0) is 74.0 Å². The smallest absolute Gasteiger partial charge is 0.416 e. The van der Waals surface area contributed by atoms with Crippen LogP contribution in [0.15, 0.2) is 95.9 Å². The fourth-order valence-electron chi connectivity index (χ4n) is 6.05. The molecule has 4 aromatic rings. The average molecular weight is 720 g/mol. The lowest BCUT2D eigenvalue weighted by atomic mass is 9.98. The largest absolute Gasteiger partial charge is 0.486 e. The molecular formula is C40H44F3N3O4S. The van der Waals surface area contributed by atoms with Crippen LogP contribution in [-0.2, 0) is 29.7 Å². The summed E-state index contributed by atoms with van der Waals surface area (Å²) in [6.45, 7) is 7.18. The van der Waals surface area contributed by atoms with E-state index >= 15 is 0 Å². The molecule has 0 fully saturated rings. The Balaban J connectivity index is 1.31. The van der Waals surface area contributed by atoms with E-state index in [2.05, 4.69) is 65.7 Å². The fourth-order valence-corrected chi connectivity index (χ4v) is 7.02. The van der Waals surface area contributed by atoms with Crippen LogP contribution in [-0.4, -0.2) is 65.6 Å². The Hall–Kier alpha value is -4.32. The Kier molecular flexibility index (Phi) is 12.5.